The summed E-state index contributed by atoms with van der Waals surface area (Å²) >= 11 is 0. The van der Waals surface area contributed by atoms with Crippen LogP contribution in [0.1, 0.15) is 55.4 Å². The topological polar surface area (TPSA) is 71.4 Å². The van der Waals surface area contributed by atoms with E-state index >= 15 is 0 Å². The Labute approximate surface area is 156 Å². The van der Waals surface area contributed by atoms with Gasteiger partial charge in [0.05, 0.1) is 17.6 Å². The van der Waals surface area contributed by atoms with E-state index in [0.717, 1.165) is 43.3 Å². The summed E-state index contributed by atoms with van der Waals surface area (Å²) in [7, 11) is 0. The van der Waals surface area contributed by atoms with Gasteiger partial charge < -0.3 is 16.4 Å². The highest BCUT2D eigenvalue weighted by Gasteiger charge is 2.18. The van der Waals surface area contributed by atoms with Gasteiger partial charge in [-0.2, -0.15) is 0 Å². The molecule has 1 aromatic heterocycles. The molecule has 0 aliphatic carbocycles. The van der Waals surface area contributed by atoms with Gasteiger partial charge in [0.2, 0.25) is 0 Å². The lowest BCUT2D eigenvalue weighted by Gasteiger charge is -2.38. The maximum Gasteiger partial charge on any atom is 0.0574 e. The number of nitrogen functional groups attached to an aromatic ring is 1. The van der Waals surface area contributed by atoms with Crippen molar-refractivity contribution in [3.63, 3.8) is 0 Å². The number of piperazine rings is 1. The molecule has 5 heteroatoms. The van der Waals surface area contributed by atoms with Crippen molar-refractivity contribution in [3.8, 4) is 0 Å². The summed E-state index contributed by atoms with van der Waals surface area (Å²) in [5, 5.41) is 0. The number of nitrogens with two attached hydrogens (primary N) is 2. The van der Waals surface area contributed by atoms with E-state index in [1.165, 1.54) is 0 Å². The fourth-order valence-electron chi connectivity index (χ4n) is 2.11. The molecule has 0 aromatic carbocycles. The maximum atomic E-state index is 5.74. The van der Waals surface area contributed by atoms with Crippen LogP contribution in [-0.2, 0) is 0 Å². The lowest BCUT2D eigenvalue weighted by atomic mass is 10.2. The summed E-state index contributed by atoms with van der Waals surface area (Å²) in [5.41, 5.74) is 13.7. The molecule has 1 aliphatic rings. The fourth-order valence-corrected chi connectivity index (χ4v) is 2.11. The zero-order valence-electron chi connectivity index (χ0n) is 17.7. The van der Waals surface area contributed by atoms with Crippen LogP contribution in [0.15, 0.2) is 30.2 Å². The molecule has 1 aliphatic heterocycles. The average Bonchev–Trinajstić information content (AvgIpc) is 2.65. The molecule has 1 saturated heterocycles. The van der Waals surface area contributed by atoms with E-state index in [-0.39, 0.29) is 0 Å². The van der Waals surface area contributed by atoms with Crippen molar-refractivity contribution in [2.75, 3.05) is 36.8 Å². The van der Waals surface area contributed by atoms with Crippen LogP contribution in [0.4, 0.5) is 11.4 Å². The summed E-state index contributed by atoms with van der Waals surface area (Å²) < 4.78 is 0. The van der Waals surface area contributed by atoms with Gasteiger partial charge in [-0.25, -0.2) is 0 Å². The van der Waals surface area contributed by atoms with Crippen LogP contribution >= 0.6 is 0 Å². The van der Waals surface area contributed by atoms with Gasteiger partial charge in [0.25, 0.3) is 0 Å². The Morgan fingerprint density at radius 3 is 1.92 bits per heavy atom. The van der Waals surface area contributed by atoms with E-state index < -0.39 is 0 Å². The molecule has 5 nitrogen and oxygen atoms in total. The van der Waals surface area contributed by atoms with Crippen molar-refractivity contribution in [2.24, 2.45) is 5.73 Å². The summed E-state index contributed by atoms with van der Waals surface area (Å²) in [6.45, 7) is 20.6. The van der Waals surface area contributed by atoms with Crippen LogP contribution in [0.25, 0.3) is 0 Å². The lowest BCUT2D eigenvalue weighted by Crippen LogP contribution is -2.48. The zero-order chi connectivity index (χ0) is 19.8. The maximum absolute atomic E-state index is 5.74. The Hall–Kier alpha value is -1.75. The first kappa shape index (κ1) is 25.5. The minimum Gasteiger partial charge on any atom is -0.403 e. The van der Waals surface area contributed by atoms with Crippen molar-refractivity contribution in [1.82, 2.24) is 9.88 Å². The fraction of sp³-hybridized carbons (Fsp3) is 0.650. The predicted octanol–water partition coefficient (Wildman–Crippen LogP) is 4.12. The third kappa shape index (κ3) is 11.4. The molecule has 2 rings (SSSR count). The molecule has 146 valence electrons. The molecule has 0 unspecified atom stereocenters. The lowest BCUT2D eigenvalue weighted by molar-refractivity contribution is 0.209. The van der Waals surface area contributed by atoms with Crippen LogP contribution < -0.4 is 16.4 Å². The Morgan fingerprint density at radius 2 is 1.56 bits per heavy atom. The van der Waals surface area contributed by atoms with Crippen molar-refractivity contribution >= 4 is 11.4 Å². The Balaban J connectivity index is 0. The quantitative estimate of drug-likeness (QED) is 0.839. The molecule has 4 N–H and O–H groups in total. The van der Waals surface area contributed by atoms with Crippen LogP contribution in [0.5, 0.6) is 0 Å². The van der Waals surface area contributed by atoms with Crippen LogP contribution in [0.3, 0.4) is 0 Å². The standard InChI is InChI=1S/C12H20N4.C4H9N.2C2H6/c1-10(2)15-3-5-16(6-4-15)12-7-11(13)8-14-9-12;1-3-4(2)5;2*1-2/h7-10H,3-6,13H2,1-2H3;3H,5H2,1-2H3;2*1-2H3/b;4-3+;;. The van der Waals surface area contributed by atoms with Gasteiger partial charge >= 0.3 is 0 Å². The van der Waals surface area contributed by atoms with Crippen molar-refractivity contribution < 1.29 is 0 Å². The molecule has 0 radical (unpaired) electrons. The highest BCUT2D eigenvalue weighted by atomic mass is 15.3. The van der Waals surface area contributed by atoms with E-state index in [0.29, 0.717) is 6.04 Å². The van der Waals surface area contributed by atoms with E-state index in [2.05, 4.69) is 28.6 Å². The first-order chi connectivity index (χ1) is 11.9. The summed E-state index contributed by atoms with van der Waals surface area (Å²) in [5.74, 6) is 0. The van der Waals surface area contributed by atoms with Crippen molar-refractivity contribution in [2.45, 2.75) is 61.4 Å². The predicted molar refractivity (Wildman–Crippen MR) is 114 cm³/mol. The third-order valence-corrected chi connectivity index (χ3v) is 3.61. The van der Waals surface area contributed by atoms with Gasteiger partial charge in [0, 0.05) is 44.1 Å². The highest BCUT2D eigenvalue weighted by molar-refractivity contribution is 5.53. The second kappa shape index (κ2) is 15.8. The number of rotatable bonds is 2. The van der Waals surface area contributed by atoms with Gasteiger partial charge in [-0.1, -0.05) is 33.8 Å². The Bertz CT molecular complexity index is 445. The van der Waals surface area contributed by atoms with Crippen LogP contribution in [0, 0.1) is 0 Å². The number of allylic oxidation sites excluding steroid dienone is 2. The molecule has 0 atom stereocenters. The molecule has 0 amide bonds. The first-order valence-corrected chi connectivity index (χ1v) is 9.52. The van der Waals surface area contributed by atoms with Gasteiger partial charge in [0.15, 0.2) is 0 Å². The Kier molecular flexibility index (Phi) is 16.1. The largest absolute Gasteiger partial charge is 0.403 e. The van der Waals surface area contributed by atoms with Crippen LogP contribution in [-0.4, -0.2) is 42.1 Å². The number of hydrogen-bond donors (Lipinski definition) is 2. The summed E-state index contributed by atoms with van der Waals surface area (Å²) in [6, 6.07) is 2.64. The van der Waals surface area contributed by atoms with Crippen molar-refractivity contribution in [1.29, 1.82) is 0 Å². The van der Waals surface area contributed by atoms with E-state index in [1.807, 2.05) is 59.9 Å². The number of pyridine rings is 1. The highest BCUT2D eigenvalue weighted by Crippen LogP contribution is 2.18. The second-order valence-corrected chi connectivity index (χ2v) is 5.63. The molecule has 1 aromatic rings. The molecule has 25 heavy (non-hydrogen) atoms. The summed E-state index contributed by atoms with van der Waals surface area (Å²) in [4.78, 5) is 8.98. The molecule has 0 bridgehead atoms. The third-order valence-electron chi connectivity index (χ3n) is 3.61. The van der Waals surface area contributed by atoms with Gasteiger partial charge in [-0.05, 0) is 33.8 Å². The van der Waals surface area contributed by atoms with Crippen LogP contribution in [0.2, 0.25) is 0 Å². The molecular formula is C20H41N5. The number of anilines is 2. The monoisotopic (exact) mass is 351 g/mol. The smallest absolute Gasteiger partial charge is 0.0574 e. The van der Waals surface area contributed by atoms with Gasteiger partial charge in [0.1, 0.15) is 0 Å². The number of hydrogen-bond acceptors (Lipinski definition) is 5. The normalized spacial score (nSPS) is 14.4. The molecule has 2 heterocycles. The summed E-state index contributed by atoms with van der Waals surface area (Å²) in [6.07, 6.45) is 5.44. The Morgan fingerprint density at radius 1 is 1.08 bits per heavy atom. The molecule has 0 spiro atoms. The number of nitrogens with zero attached hydrogens (tertiary/aromatic N) is 3. The van der Waals surface area contributed by atoms with Gasteiger partial charge in [-0.3, -0.25) is 9.88 Å². The zero-order valence-corrected chi connectivity index (χ0v) is 17.7. The average molecular weight is 352 g/mol. The first-order valence-electron chi connectivity index (χ1n) is 9.52. The SMILES string of the molecule is C/C=C(\C)N.CC.CC.CC(C)N1CCN(c2cncc(N)c2)CC1. The number of aromatic nitrogens is 1. The minimum absolute atomic E-state index is 0.640. The van der Waals surface area contributed by atoms with E-state index in [4.69, 9.17) is 11.5 Å². The molecule has 0 saturated carbocycles. The minimum atomic E-state index is 0.640. The van der Waals surface area contributed by atoms with Gasteiger partial charge in [-0.15, -0.1) is 0 Å². The van der Waals surface area contributed by atoms with E-state index in [1.54, 1.807) is 6.20 Å². The second-order valence-electron chi connectivity index (χ2n) is 5.63. The molecular weight excluding hydrogens is 310 g/mol. The molecule has 1 fully saturated rings. The van der Waals surface area contributed by atoms with E-state index in [9.17, 15) is 0 Å². The van der Waals surface area contributed by atoms with Crippen molar-refractivity contribution in [3.05, 3.63) is 30.2 Å².